The van der Waals surface area contributed by atoms with Crippen LogP contribution in [-0.4, -0.2) is 34.5 Å². The molecule has 2 aliphatic rings. The van der Waals surface area contributed by atoms with E-state index in [0.29, 0.717) is 12.8 Å². The number of hydrogen-bond donors (Lipinski definition) is 2. The Bertz CT molecular complexity index is 388. The molecular weight excluding hydrogens is 256 g/mol. The fourth-order valence-corrected chi connectivity index (χ4v) is 3.10. The van der Waals surface area contributed by atoms with Crippen LogP contribution < -0.4 is 0 Å². The van der Waals surface area contributed by atoms with Gasteiger partial charge in [0.2, 0.25) is 0 Å². The Morgan fingerprint density at radius 1 is 1.25 bits per heavy atom. The van der Waals surface area contributed by atoms with Crippen LogP contribution in [-0.2, 0) is 9.53 Å². The molecule has 4 heteroatoms. The first-order chi connectivity index (χ1) is 9.56. The van der Waals surface area contributed by atoms with Crippen LogP contribution >= 0.6 is 0 Å². The lowest BCUT2D eigenvalue weighted by Gasteiger charge is -2.19. The molecule has 1 aliphatic heterocycles. The first-order valence-corrected chi connectivity index (χ1v) is 7.48. The molecule has 1 heterocycles. The summed E-state index contributed by atoms with van der Waals surface area (Å²) in [5.41, 5.74) is 0. The number of esters is 1. The molecule has 0 bridgehead atoms. The van der Waals surface area contributed by atoms with Crippen molar-refractivity contribution in [2.24, 2.45) is 11.8 Å². The number of aliphatic hydroxyl groups excluding tert-OH is 2. The number of allylic oxidation sites excluding steroid dienone is 2. The molecule has 0 aromatic carbocycles. The Hall–Kier alpha value is -1.13. The van der Waals surface area contributed by atoms with Gasteiger partial charge < -0.3 is 14.9 Å². The minimum atomic E-state index is -0.717. The third kappa shape index (κ3) is 4.18. The van der Waals surface area contributed by atoms with Gasteiger partial charge in [0.1, 0.15) is 0 Å². The highest BCUT2D eigenvalue weighted by Crippen LogP contribution is 2.36. The molecular formula is C16H24O4. The quantitative estimate of drug-likeness (QED) is 0.526. The number of cyclic esters (lactones) is 1. The van der Waals surface area contributed by atoms with Gasteiger partial charge in [0.25, 0.3) is 0 Å². The molecule has 20 heavy (non-hydrogen) atoms. The van der Waals surface area contributed by atoms with Crippen molar-refractivity contribution in [1.82, 2.24) is 0 Å². The lowest BCUT2D eigenvalue weighted by atomic mass is 9.90. The van der Waals surface area contributed by atoms with Gasteiger partial charge in [-0.2, -0.15) is 0 Å². The topological polar surface area (TPSA) is 66.8 Å². The molecule has 2 N–H and O–H groups in total. The summed E-state index contributed by atoms with van der Waals surface area (Å²) in [5.74, 6) is -0.249. The van der Waals surface area contributed by atoms with Gasteiger partial charge in [0.15, 0.2) is 0 Å². The molecule has 5 atom stereocenters. The van der Waals surface area contributed by atoms with Crippen molar-refractivity contribution in [2.75, 3.05) is 0 Å². The highest BCUT2D eigenvalue weighted by atomic mass is 16.5. The molecule has 4 nitrogen and oxygen atoms in total. The van der Waals surface area contributed by atoms with Gasteiger partial charge in [-0.1, -0.05) is 12.2 Å². The summed E-state index contributed by atoms with van der Waals surface area (Å²) in [6, 6.07) is 0. The fraction of sp³-hybridized carbons (Fsp3) is 0.688. The molecule has 1 aliphatic carbocycles. The average molecular weight is 280 g/mol. The summed E-state index contributed by atoms with van der Waals surface area (Å²) in [6.07, 6.45) is 9.87. The van der Waals surface area contributed by atoms with Crippen LogP contribution in [0.4, 0.5) is 0 Å². The standard InChI is InChI=1S/C16H24O4/c1-11-5-3-2-4-6-12-9-13(17)10-14(12)15(18)7-8-16(19)20-11/h4,6-8,11-15,17-18H,2-3,5,9-10H2,1H3/t11-,12+,13-,14+,15+/m0/s1. The van der Waals surface area contributed by atoms with Crippen molar-refractivity contribution < 1.29 is 19.7 Å². The molecule has 0 aromatic rings. The summed E-state index contributed by atoms with van der Waals surface area (Å²) in [4.78, 5) is 11.6. The van der Waals surface area contributed by atoms with Crippen LogP contribution in [0.5, 0.6) is 0 Å². The largest absolute Gasteiger partial charge is 0.460 e. The van der Waals surface area contributed by atoms with Gasteiger partial charge in [0, 0.05) is 6.08 Å². The average Bonchev–Trinajstić information content (AvgIpc) is 2.76. The van der Waals surface area contributed by atoms with Gasteiger partial charge in [-0.15, -0.1) is 0 Å². The molecule has 0 radical (unpaired) electrons. The van der Waals surface area contributed by atoms with Crippen LogP contribution in [0.1, 0.15) is 39.0 Å². The van der Waals surface area contributed by atoms with Gasteiger partial charge in [-0.05, 0) is 56.9 Å². The Kier molecular flexibility index (Phi) is 5.38. The Labute approximate surface area is 120 Å². The Morgan fingerprint density at radius 2 is 2.05 bits per heavy atom. The maximum absolute atomic E-state index is 11.6. The van der Waals surface area contributed by atoms with E-state index >= 15 is 0 Å². The zero-order valence-electron chi connectivity index (χ0n) is 11.9. The molecule has 0 spiro atoms. The van der Waals surface area contributed by atoms with E-state index in [1.165, 1.54) is 12.2 Å². The van der Waals surface area contributed by atoms with E-state index in [9.17, 15) is 15.0 Å². The number of fused-ring (bicyclic) bond motifs is 1. The lowest BCUT2D eigenvalue weighted by Crippen LogP contribution is -2.21. The second-order valence-electron chi connectivity index (χ2n) is 5.91. The van der Waals surface area contributed by atoms with E-state index in [4.69, 9.17) is 4.74 Å². The van der Waals surface area contributed by atoms with Gasteiger partial charge in [0.05, 0.1) is 18.3 Å². The number of hydrogen-bond acceptors (Lipinski definition) is 4. The lowest BCUT2D eigenvalue weighted by molar-refractivity contribution is -0.142. The van der Waals surface area contributed by atoms with Crippen molar-refractivity contribution in [3.63, 3.8) is 0 Å². The number of carbonyl (C=O) groups is 1. The summed E-state index contributed by atoms with van der Waals surface area (Å²) in [5, 5.41) is 20.0. The molecule has 2 rings (SSSR count). The van der Waals surface area contributed by atoms with Crippen LogP contribution in [0.25, 0.3) is 0 Å². The fourth-order valence-electron chi connectivity index (χ4n) is 3.10. The maximum Gasteiger partial charge on any atom is 0.330 e. The van der Waals surface area contributed by atoms with Crippen molar-refractivity contribution >= 4 is 5.97 Å². The predicted octanol–water partition coefficient (Wildman–Crippen LogP) is 1.96. The van der Waals surface area contributed by atoms with Gasteiger partial charge in [-0.3, -0.25) is 0 Å². The number of carbonyl (C=O) groups excluding carboxylic acids is 1. The minimum Gasteiger partial charge on any atom is -0.460 e. The Morgan fingerprint density at radius 3 is 2.85 bits per heavy atom. The first-order valence-electron chi connectivity index (χ1n) is 7.48. The monoisotopic (exact) mass is 280 g/mol. The van der Waals surface area contributed by atoms with Crippen LogP contribution in [0.15, 0.2) is 24.3 Å². The molecule has 0 saturated heterocycles. The highest BCUT2D eigenvalue weighted by molar-refractivity contribution is 5.82. The summed E-state index contributed by atoms with van der Waals surface area (Å²) in [7, 11) is 0. The number of ether oxygens (including phenoxy) is 1. The van der Waals surface area contributed by atoms with E-state index in [-0.39, 0.29) is 24.0 Å². The summed E-state index contributed by atoms with van der Waals surface area (Å²) >= 11 is 0. The normalized spacial score (nSPS) is 39.4. The predicted molar refractivity (Wildman–Crippen MR) is 75.9 cm³/mol. The third-order valence-electron chi connectivity index (χ3n) is 4.19. The van der Waals surface area contributed by atoms with Crippen LogP contribution in [0, 0.1) is 11.8 Å². The molecule has 1 saturated carbocycles. The van der Waals surface area contributed by atoms with Gasteiger partial charge in [-0.25, -0.2) is 4.79 Å². The zero-order valence-corrected chi connectivity index (χ0v) is 11.9. The van der Waals surface area contributed by atoms with E-state index in [1.807, 2.05) is 6.92 Å². The SMILES string of the molecule is C[C@H]1CCCC=C[C@@H]2C[C@H](O)C[C@H]2[C@H](O)C=CC(=O)O1. The van der Waals surface area contributed by atoms with E-state index in [1.54, 1.807) is 0 Å². The van der Waals surface area contributed by atoms with Crippen molar-refractivity contribution in [3.05, 3.63) is 24.3 Å². The van der Waals surface area contributed by atoms with E-state index < -0.39 is 12.1 Å². The van der Waals surface area contributed by atoms with E-state index in [2.05, 4.69) is 12.2 Å². The molecule has 0 unspecified atom stereocenters. The molecule has 1 fully saturated rings. The van der Waals surface area contributed by atoms with E-state index in [0.717, 1.165) is 19.3 Å². The molecule has 0 aromatic heterocycles. The number of rotatable bonds is 0. The third-order valence-corrected chi connectivity index (χ3v) is 4.19. The molecule has 112 valence electrons. The first kappa shape index (κ1) is 15.3. The van der Waals surface area contributed by atoms with Crippen LogP contribution in [0.3, 0.4) is 0 Å². The summed E-state index contributed by atoms with van der Waals surface area (Å²) in [6.45, 7) is 1.89. The Balaban J connectivity index is 2.11. The van der Waals surface area contributed by atoms with Gasteiger partial charge >= 0.3 is 5.97 Å². The molecule has 0 amide bonds. The summed E-state index contributed by atoms with van der Waals surface area (Å²) < 4.78 is 5.23. The smallest absolute Gasteiger partial charge is 0.330 e. The zero-order chi connectivity index (χ0) is 14.5. The second-order valence-corrected chi connectivity index (χ2v) is 5.91. The van der Waals surface area contributed by atoms with Crippen molar-refractivity contribution in [2.45, 2.75) is 57.3 Å². The van der Waals surface area contributed by atoms with Crippen molar-refractivity contribution in [3.8, 4) is 0 Å². The highest BCUT2D eigenvalue weighted by Gasteiger charge is 2.35. The second kappa shape index (κ2) is 7.04. The van der Waals surface area contributed by atoms with Crippen molar-refractivity contribution in [1.29, 1.82) is 0 Å². The maximum atomic E-state index is 11.6. The number of aliphatic hydroxyl groups is 2. The van der Waals surface area contributed by atoms with Crippen LogP contribution in [0.2, 0.25) is 0 Å². The minimum absolute atomic E-state index is 0.0246.